The van der Waals surface area contributed by atoms with Gasteiger partial charge in [0.25, 0.3) is 0 Å². The van der Waals surface area contributed by atoms with E-state index < -0.39 is 10.0 Å². The maximum absolute atomic E-state index is 11.6. The van der Waals surface area contributed by atoms with Crippen LogP contribution in [0.2, 0.25) is 0 Å². The fraction of sp³-hybridized carbons (Fsp3) is 0.304. The second kappa shape index (κ2) is 9.53. The van der Waals surface area contributed by atoms with Crippen LogP contribution in [-0.2, 0) is 14.8 Å². The Bertz CT molecular complexity index is 1250. The van der Waals surface area contributed by atoms with Crippen LogP contribution < -0.4 is 10.1 Å². The molecule has 0 amide bonds. The van der Waals surface area contributed by atoms with Crippen molar-refractivity contribution in [2.75, 3.05) is 31.5 Å². The van der Waals surface area contributed by atoms with Gasteiger partial charge in [-0.15, -0.1) is 6.42 Å². The lowest BCUT2D eigenvalue weighted by Crippen LogP contribution is -2.40. The highest BCUT2D eigenvalue weighted by molar-refractivity contribution is 7.88. The Morgan fingerprint density at radius 1 is 1.19 bits per heavy atom. The van der Waals surface area contributed by atoms with E-state index in [-0.39, 0.29) is 12.9 Å². The molecule has 2 heterocycles. The predicted octanol–water partition coefficient (Wildman–Crippen LogP) is 3.13. The fourth-order valence-corrected chi connectivity index (χ4v) is 4.45. The molecule has 1 N–H and O–H groups in total. The summed E-state index contributed by atoms with van der Waals surface area (Å²) in [5.41, 5.74) is 2.38. The number of nitrogens with zero attached hydrogens (tertiary/aromatic N) is 3. The molecular weight excluding hydrogens is 428 g/mol. The minimum atomic E-state index is -3.15. The molecule has 0 unspecified atom stereocenters. The second-order valence-electron chi connectivity index (χ2n) is 7.54. The van der Waals surface area contributed by atoms with Gasteiger partial charge >= 0.3 is 0 Å². The average Bonchev–Trinajstić information content (AvgIpc) is 2.79. The van der Waals surface area contributed by atoms with Crippen molar-refractivity contribution in [3.8, 4) is 18.1 Å². The Morgan fingerprint density at radius 2 is 2.00 bits per heavy atom. The van der Waals surface area contributed by atoms with Crippen molar-refractivity contribution < 1.29 is 17.9 Å². The number of benzene rings is 2. The summed E-state index contributed by atoms with van der Waals surface area (Å²) >= 11 is 0. The molecule has 0 spiro atoms. The average molecular weight is 453 g/mol. The first-order valence-corrected chi connectivity index (χ1v) is 12.1. The minimum Gasteiger partial charge on any atom is -0.468 e. The molecule has 166 valence electrons. The molecule has 32 heavy (non-hydrogen) atoms. The van der Waals surface area contributed by atoms with Crippen molar-refractivity contribution in [3.63, 3.8) is 0 Å². The maximum atomic E-state index is 11.6. The Labute approximate surface area is 187 Å². The van der Waals surface area contributed by atoms with Gasteiger partial charge in [-0.25, -0.2) is 22.7 Å². The first-order valence-electron chi connectivity index (χ1n) is 10.2. The maximum Gasteiger partial charge on any atom is 0.211 e. The van der Waals surface area contributed by atoms with Gasteiger partial charge in [0.1, 0.15) is 17.9 Å². The van der Waals surface area contributed by atoms with E-state index in [9.17, 15) is 8.42 Å². The van der Waals surface area contributed by atoms with E-state index >= 15 is 0 Å². The zero-order valence-corrected chi connectivity index (χ0v) is 18.5. The summed E-state index contributed by atoms with van der Waals surface area (Å²) in [5, 5.41) is 4.09. The van der Waals surface area contributed by atoms with Crippen molar-refractivity contribution in [2.45, 2.75) is 18.9 Å². The largest absolute Gasteiger partial charge is 0.468 e. The Morgan fingerprint density at radius 3 is 2.75 bits per heavy atom. The fourth-order valence-electron chi connectivity index (χ4n) is 3.58. The zero-order chi connectivity index (χ0) is 22.6. The van der Waals surface area contributed by atoms with Crippen molar-refractivity contribution in [1.82, 2.24) is 14.3 Å². The van der Waals surface area contributed by atoms with Gasteiger partial charge < -0.3 is 14.8 Å². The number of hydrogen-bond donors (Lipinski definition) is 1. The van der Waals surface area contributed by atoms with Crippen LogP contribution in [0, 0.1) is 12.3 Å². The molecule has 0 bridgehead atoms. The highest BCUT2D eigenvalue weighted by atomic mass is 32.2. The van der Waals surface area contributed by atoms with E-state index in [1.54, 1.807) is 0 Å². The summed E-state index contributed by atoms with van der Waals surface area (Å²) in [6.07, 6.45) is 9.48. The van der Waals surface area contributed by atoms with E-state index in [1.165, 1.54) is 16.9 Å². The van der Waals surface area contributed by atoms with Crippen LogP contribution in [-0.4, -0.2) is 54.9 Å². The number of ether oxygens (including phenoxy) is 2. The number of hydrogen-bond acceptors (Lipinski definition) is 7. The van der Waals surface area contributed by atoms with Gasteiger partial charge in [0.05, 0.1) is 17.9 Å². The molecular formula is C23H24N4O4S. The Hall–Kier alpha value is -3.19. The van der Waals surface area contributed by atoms with Gasteiger partial charge in [0.2, 0.25) is 10.0 Å². The number of fused-ring (bicyclic) bond motifs is 1. The Balaban J connectivity index is 1.40. The van der Waals surface area contributed by atoms with Gasteiger partial charge in [-0.2, -0.15) is 0 Å². The van der Waals surface area contributed by atoms with Gasteiger partial charge in [-0.05, 0) is 49.2 Å². The summed E-state index contributed by atoms with van der Waals surface area (Å²) in [7, 11) is -3.15. The van der Waals surface area contributed by atoms with E-state index in [1.807, 2.05) is 42.5 Å². The van der Waals surface area contributed by atoms with Crippen LogP contribution in [0.3, 0.4) is 0 Å². The Kier molecular flexibility index (Phi) is 6.55. The predicted molar refractivity (Wildman–Crippen MR) is 123 cm³/mol. The third-order valence-corrected chi connectivity index (χ3v) is 6.60. The molecule has 1 aromatic heterocycles. The second-order valence-corrected chi connectivity index (χ2v) is 9.52. The smallest absolute Gasteiger partial charge is 0.211 e. The SMILES string of the molecule is C#Cc1cccc(Nc2ncnc3ccc(OCOC4CCN(S(C)(=O)=O)CC4)cc23)c1. The van der Waals surface area contributed by atoms with Gasteiger partial charge in [-0.1, -0.05) is 12.0 Å². The van der Waals surface area contributed by atoms with E-state index in [0.717, 1.165) is 22.2 Å². The highest BCUT2D eigenvalue weighted by Crippen LogP contribution is 2.27. The number of sulfonamides is 1. The van der Waals surface area contributed by atoms with Gasteiger partial charge in [0, 0.05) is 29.7 Å². The minimum absolute atomic E-state index is 0.0301. The van der Waals surface area contributed by atoms with Crippen LogP contribution >= 0.6 is 0 Å². The zero-order valence-electron chi connectivity index (χ0n) is 17.7. The highest BCUT2D eigenvalue weighted by Gasteiger charge is 2.25. The quantitative estimate of drug-likeness (QED) is 0.435. The molecule has 0 atom stereocenters. The molecule has 1 fully saturated rings. The summed E-state index contributed by atoms with van der Waals surface area (Å²) in [4.78, 5) is 8.68. The monoisotopic (exact) mass is 452 g/mol. The van der Waals surface area contributed by atoms with Crippen LogP contribution in [0.1, 0.15) is 18.4 Å². The lowest BCUT2D eigenvalue weighted by Gasteiger charge is -2.29. The normalized spacial score (nSPS) is 15.4. The molecule has 0 saturated carbocycles. The number of aromatic nitrogens is 2. The molecule has 9 heteroatoms. The van der Waals surface area contributed by atoms with Gasteiger partial charge in [-0.3, -0.25) is 0 Å². The molecule has 1 aliphatic heterocycles. The van der Waals surface area contributed by atoms with Crippen molar-refractivity contribution in [1.29, 1.82) is 0 Å². The summed E-state index contributed by atoms with van der Waals surface area (Å²) in [5.74, 6) is 3.89. The van der Waals surface area contributed by atoms with Crippen LogP contribution in [0.5, 0.6) is 5.75 Å². The summed E-state index contributed by atoms with van der Waals surface area (Å²) in [6, 6.07) is 13.1. The lowest BCUT2D eigenvalue weighted by molar-refractivity contribution is -0.0527. The first kappa shape index (κ1) is 22.0. The standard InChI is InChI=1S/C23H24N4O4S/c1-3-17-5-4-6-18(13-17)26-23-21-14-20(7-8-22(21)24-15-25-23)31-16-30-19-9-11-27(12-10-19)32(2,28)29/h1,4-8,13-15,19H,9-12,16H2,2H3,(H,24,25,26). The van der Waals surface area contributed by atoms with Crippen LogP contribution in [0.15, 0.2) is 48.8 Å². The molecule has 3 aromatic rings. The molecule has 2 aromatic carbocycles. The van der Waals surface area contributed by atoms with Crippen LogP contribution in [0.25, 0.3) is 10.9 Å². The molecule has 8 nitrogen and oxygen atoms in total. The van der Waals surface area contributed by atoms with Crippen molar-refractivity contribution in [3.05, 3.63) is 54.4 Å². The summed E-state index contributed by atoms with van der Waals surface area (Å²) < 4.78 is 36.3. The number of terminal acetylenes is 1. The van der Waals surface area contributed by atoms with E-state index in [2.05, 4.69) is 21.2 Å². The third-order valence-electron chi connectivity index (χ3n) is 5.30. The molecule has 1 saturated heterocycles. The topological polar surface area (TPSA) is 93.7 Å². The number of anilines is 2. The van der Waals surface area contributed by atoms with Crippen molar-refractivity contribution in [2.24, 2.45) is 0 Å². The summed E-state index contributed by atoms with van der Waals surface area (Å²) in [6.45, 7) is 1.01. The van der Waals surface area contributed by atoms with Gasteiger partial charge in [0.15, 0.2) is 6.79 Å². The van der Waals surface area contributed by atoms with Crippen LogP contribution in [0.4, 0.5) is 11.5 Å². The first-order chi connectivity index (χ1) is 15.4. The molecule has 0 aliphatic carbocycles. The van der Waals surface area contributed by atoms with E-state index in [0.29, 0.717) is 37.5 Å². The van der Waals surface area contributed by atoms with E-state index in [4.69, 9.17) is 15.9 Å². The number of piperidine rings is 1. The number of nitrogens with one attached hydrogen (secondary N) is 1. The van der Waals surface area contributed by atoms with Crippen molar-refractivity contribution >= 4 is 32.4 Å². The molecule has 4 rings (SSSR count). The lowest BCUT2D eigenvalue weighted by atomic mass is 10.1. The molecule has 1 aliphatic rings. The third kappa shape index (κ3) is 5.34. The molecule has 0 radical (unpaired) electrons. The number of rotatable bonds is 7.